The Labute approximate surface area is 62.4 Å². The lowest BCUT2D eigenvalue weighted by molar-refractivity contribution is 0.160. The van der Waals surface area contributed by atoms with Crippen molar-refractivity contribution >= 4 is 0 Å². The first-order valence-electron chi connectivity index (χ1n) is 3.78. The van der Waals surface area contributed by atoms with Gasteiger partial charge in [0.25, 0.3) is 0 Å². The second kappa shape index (κ2) is 3.45. The molecule has 1 rings (SSSR count). The molecule has 0 radical (unpaired) electrons. The number of hydrogen-bond acceptors (Lipinski definition) is 1. The van der Waals surface area contributed by atoms with Gasteiger partial charge in [0, 0.05) is 0 Å². The summed E-state index contributed by atoms with van der Waals surface area (Å²) < 4.78 is 5.32. The maximum Gasteiger partial charge on any atom is 0.116 e. The van der Waals surface area contributed by atoms with Crippen molar-refractivity contribution in [2.75, 3.05) is 0 Å². The molecule has 1 aliphatic heterocycles. The summed E-state index contributed by atoms with van der Waals surface area (Å²) in [6, 6.07) is 0. The minimum atomic E-state index is 0.310. The summed E-state index contributed by atoms with van der Waals surface area (Å²) in [7, 11) is 0. The third kappa shape index (κ3) is 2.26. The maximum absolute atomic E-state index is 5.32. The van der Waals surface area contributed by atoms with Gasteiger partial charge in [-0.25, -0.2) is 0 Å². The lowest BCUT2D eigenvalue weighted by Gasteiger charge is -2.16. The molecule has 0 aromatic rings. The van der Waals surface area contributed by atoms with Crippen LogP contribution in [0, 0.1) is 5.92 Å². The number of ether oxygens (including phenoxy) is 1. The van der Waals surface area contributed by atoms with Gasteiger partial charge in [0.15, 0.2) is 0 Å². The van der Waals surface area contributed by atoms with Gasteiger partial charge >= 0.3 is 0 Å². The van der Waals surface area contributed by atoms with E-state index in [1.54, 1.807) is 6.26 Å². The van der Waals surface area contributed by atoms with Crippen LogP contribution in [-0.4, -0.2) is 6.10 Å². The van der Waals surface area contributed by atoms with Gasteiger partial charge in [-0.15, -0.1) is 0 Å². The van der Waals surface area contributed by atoms with E-state index in [1.807, 2.05) is 12.2 Å². The van der Waals surface area contributed by atoms with Crippen molar-refractivity contribution in [1.29, 1.82) is 0 Å². The first-order valence-corrected chi connectivity index (χ1v) is 3.78. The third-order valence-corrected chi connectivity index (χ3v) is 1.47. The zero-order chi connectivity index (χ0) is 7.40. The quantitative estimate of drug-likeness (QED) is 0.569. The Bertz CT molecular complexity index is 145. The summed E-state index contributed by atoms with van der Waals surface area (Å²) in [6.45, 7) is 4.41. The Morgan fingerprint density at radius 1 is 1.40 bits per heavy atom. The van der Waals surface area contributed by atoms with E-state index in [-0.39, 0.29) is 0 Å². The fraction of sp³-hybridized carbons (Fsp3) is 0.556. The summed E-state index contributed by atoms with van der Waals surface area (Å²) in [4.78, 5) is 0. The average molecular weight is 138 g/mol. The Kier molecular flexibility index (Phi) is 2.55. The highest BCUT2D eigenvalue weighted by molar-refractivity contribution is 5.07. The molecule has 1 aliphatic rings. The predicted octanol–water partition coefficient (Wildman–Crippen LogP) is 2.50. The molecule has 0 N–H and O–H groups in total. The molecule has 0 aromatic heterocycles. The average Bonchev–Trinajstić information content (AvgIpc) is 1.88. The van der Waals surface area contributed by atoms with Crippen LogP contribution in [0.5, 0.6) is 0 Å². The number of allylic oxidation sites excluding steroid dienone is 2. The van der Waals surface area contributed by atoms with Gasteiger partial charge in [-0.2, -0.15) is 0 Å². The van der Waals surface area contributed by atoms with Gasteiger partial charge in [-0.1, -0.05) is 19.9 Å². The molecule has 0 amide bonds. The van der Waals surface area contributed by atoms with E-state index in [0.717, 1.165) is 6.42 Å². The second-order valence-corrected chi connectivity index (χ2v) is 3.02. The zero-order valence-electron chi connectivity index (χ0n) is 6.58. The summed E-state index contributed by atoms with van der Waals surface area (Å²) >= 11 is 0. The van der Waals surface area contributed by atoms with Gasteiger partial charge in [-0.3, -0.25) is 0 Å². The fourth-order valence-corrected chi connectivity index (χ4v) is 1.02. The molecule has 0 saturated carbocycles. The van der Waals surface area contributed by atoms with E-state index < -0.39 is 0 Å². The minimum absolute atomic E-state index is 0.310. The second-order valence-electron chi connectivity index (χ2n) is 3.02. The van der Waals surface area contributed by atoms with Gasteiger partial charge in [-0.05, 0) is 24.5 Å². The molecule has 0 saturated heterocycles. The van der Waals surface area contributed by atoms with Crippen LogP contribution in [0.2, 0.25) is 0 Å². The van der Waals surface area contributed by atoms with Gasteiger partial charge in [0.2, 0.25) is 0 Å². The van der Waals surface area contributed by atoms with Gasteiger partial charge in [0.05, 0.1) is 6.26 Å². The fourth-order valence-electron chi connectivity index (χ4n) is 1.02. The van der Waals surface area contributed by atoms with Crippen LogP contribution in [-0.2, 0) is 4.74 Å². The lowest BCUT2D eigenvalue weighted by atomic mass is 10.1. The van der Waals surface area contributed by atoms with Crippen LogP contribution in [0.3, 0.4) is 0 Å². The highest BCUT2D eigenvalue weighted by Crippen LogP contribution is 2.12. The van der Waals surface area contributed by atoms with Gasteiger partial charge in [0.1, 0.15) is 6.10 Å². The van der Waals surface area contributed by atoms with E-state index >= 15 is 0 Å². The smallest absolute Gasteiger partial charge is 0.116 e. The SMILES string of the molecule is CC(C)CC1C=CC=CO1. The molecular formula is C9H14O. The molecule has 1 heteroatoms. The topological polar surface area (TPSA) is 9.23 Å². The van der Waals surface area contributed by atoms with Crippen molar-refractivity contribution in [3.63, 3.8) is 0 Å². The van der Waals surface area contributed by atoms with Crippen molar-refractivity contribution in [3.05, 3.63) is 24.5 Å². The molecule has 1 atom stereocenters. The van der Waals surface area contributed by atoms with Crippen LogP contribution in [0.25, 0.3) is 0 Å². The van der Waals surface area contributed by atoms with Crippen molar-refractivity contribution < 1.29 is 4.74 Å². The third-order valence-electron chi connectivity index (χ3n) is 1.47. The molecule has 1 unspecified atom stereocenters. The lowest BCUT2D eigenvalue weighted by Crippen LogP contribution is -2.10. The highest BCUT2D eigenvalue weighted by Gasteiger charge is 2.07. The molecule has 1 heterocycles. The Morgan fingerprint density at radius 2 is 2.20 bits per heavy atom. The van der Waals surface area contributed by atoms with Crippen LogP contribution >= 0.6 is 0 Å². The van der Waals surface area contributed by atoms with Gasteiger partial charge < -0.3 is 4.74 Å². The van der Waals surface area contributed by atoms with E-state index in [9.17, 15) is 0 Å². The van der Waals surface area contributed by atoms with Crippen LogP contribution in [0.15, 0.2) is 24.5 Å². The van der Waals surface area contributed by atoms with Crippen molar-refractivity contribution in [1.82, 2.24) is 0 Å². The molecule has 0 aliphatic carbocycles. The van der Waals surface area contributed by atoms with Crippen LogP contribution < -0.4 is 0 Å². The highest BCUT2D eigenvalue weighted by atomic mass is 16.5. The van der Waals surface area contributed by atoms with Crippen molar-refractivity contribution in [2.45, 2.75) is 26.4 Å². The number of rotatable bonds is 2. The van der Waals surface area contributed by atoms with Crippen molar-refractivity contribution in [2.24, 2.45) is 5.92 Å². The molecule has 10 heavy (non-hydrogen) atoms. The van der Waals surface area contributed by atoms with E-state index in [4.69, 9.17) is 4.74 Å². The molecule has 0 aromatic carbocycles. The van der Waals surface area contributed by atoms with E-state index in [2.05, 4.69) is 19.9 Å². The largest absolute Gasteiger partial charge is 0.494 e. The van der Waals surface area contributed by atoms with E-state index in [0.29, 0.717) is 12.0 Å². The monoisotopic (exact) mass is 138 g/mol. The Balaban J connectivity index is 2.30. The summed E-state index contributed by atoms with van der Waals surface area (Å²) in [5.74, 6) is 0.709. The first kappa shape index (κ1) is 7.39. The summed E-state index contributed by atoms with van der Waals surface area (Å²) in [6.07, 6.45) is 9.23. The van der Waals surface area contributed by atoms with Crippen LogP contribution in [0.1, 0.15) is 20.3 Å². The standard InChI is InChI=1S/C9H14O/c1-8(2)7-9-5-3-4-6-10-9/h3-6,8-9H,7H2,1-2H3. The molecule has 0 spiro atoms. The predicted molar refractivity (Wildman–Crippen MR) is 42.6 cm³/mol. The molecule has 0 fully saturated rings. The van der Waals surface area contributed by atoms with E-state index in [1.165, 1.54) is 0 Å². The maximum atomic E-state index is 5.32. The molecule has 0 bridgehead atoms. The molecular weight excluding hydrogens is 124 g/mol. The first-order chi connectivity index (χ1) is 4.79. The summed E-state index contributed by atoms with van der Waals surface area (Å²) in [5, 5.41) is 0. The molecule has 1 nitrogen and oxygen atoms in total. The normalized spacial score (nSPS) is 23.3. The zero-order valence-corrected chi connectivity index (χ0v) is 6.58. The minimum Gasteiger partial charge on any atom is -0.494 e. The Morgan fingerprint density at radius 3 is 2.70 bits per heavy atom. The van der Waals surface area contributed by atoms with Crippen LogP contribution in [0.4, 0.5) is 0 Å². The molecule has 56 valence electrons. The number of hydrogen-bond donors (Lipinski definition) is 0. The van der Waals surface area contributed by atoms with Crippen molar-refractivity contribution in [3.8, 4) is 0 Å². The Hall–Kier alpha value is -0.720. The summed E-state index contributed by atoms with van der Waals surface area (Å²) in [5.41, 5.74) is 0.